The molecule has 0 saturated heterocycles. The second kappa shape index (κ2) is 17.2. The number of pyridine rings is 1. The molecule has 0 radical (unpaired) electrons. The Morgan fingerprint density at radius 2 is 1.10 bits per heavy atom. The number of benzene rings is 6. The van der Waals surface area contributed by atoms with Crippen LogP contribution < -0.4 is 14.5 Å². The van der Waals surface area contributed by atoms with E-state index < -0.39 is 11.7 Å². The number of ether oxygens (including phenoxy) is 1. The number of halogens is 3. The SMILES string of the molecule is CC(C)c1cc(C(C)C)c(-c2ccnc(-n3c4cc(Oc5cccc(N6CN(c7cccc(C(C)(C)C)c7)c7ccc(C(C)(C)C)cc76)c5)ccc4c4ccc(C(F)(F)F)cc43)c2)c(C(C)C)c1. The average molecular weight is 913 g/mol. The van der Waals surface area contributed by atoms with Gasteiger partial charge in [0.1, 0.15) is 24.0 Å². The zero-order chi connectivity index (χ0) is 48.6. The normalized spacial score (nSPS) is 13.5. The third-order valence-electron chi connectivity index (χ3n) is 13.6. The van der Waals surface area contributed by atoms with Crippen LogP contribution in [0.15, 0.2) is 134 Å². The predicted octanol–water partition coefficient (Wildman–Crippen LogP) is 17.9. The molecule has 0 unspecified atom stereocenters. The van der Waals surface area contributed by atoms with Gasteiger partial charge in [0.05, 0.1) is 28.0 Å². The molecule has 9 rings (SSSR count). The second-order valence-corrected chi connectivity index (χ2v) is 21.5. The Morgan fingerprint density at radius 3 is 1.74 bits per heavy atom. The van der Waals surface area contributed by atoms with Gasteiger partial charge in [0.15, 0.2) is 0 Å². The molecular formula is C60H63F3N4O. The van der Waals surface area contributed by atoms with E-state index >= 15 is 0 Å². The van der Waals surface area contributed by atoms with Gasteiger partial charge < -0.3 is 14.5 Å². The first-order chi connectivity index (χ1) is 32.1. The molecule has 68 heavy (non-hydrogen) atoms. The average Bonchev–Trinajstić information content (AvgIpc) is 3.83. The van der Waals surface area contributed by atoms with Crippen LogP contribution in [0.1, 0.15) is 134 Å². The molecule has 0 fully saturated rings. The van der Waals surface area contributed by atoms with Gasteiger partial charge in [-0.25, -0.2) is 4.98 Å². The van der Waals surface area contributed by atoms with Crippen molar-refractivity contribution in [3.63, 3.8) is 0 Å². The summed E-state index contributed by atoms with van der Waals surface area (Å²) in [5.41, 5.74) is 13.1. The molecule has 1 aliphatic rings. The van der Waals surface area contributed by atoms with E-state index in [0.29, 0.717) is 46.3 Å². The van der Waals surface area contributed by atoms with Crippen molar-refractivity contribution >= 4 is 44.6 Å². The van der Waals surface area contributed by atoms with Gasteiger partial charge >= 0.3 is 6.18 Å². The summed E-state index contributed by atoms with van der Waals surface area (Å²) < 4.78 is 51.9. The Hall–Kier alpha value is -6.54. The molecule has 0 aliphatic carbocycles. The zero-order valence-electron chi connectivity index (χ0n) is 41.5. The Labute approximate surface area is 400 Å². The van der Waals surface area contributed by atoms with Crippen LogP contribution in [0.2, 0.25) is 0 Å². The van der Waals surface area contributed by atoms with Gasteiger partial charge in [-0.3, -0.25) is 4.57 Å². The lowest BCUT2D eigenvalue weighted by Crippen LogP contribution is -2.24. The number of fused-ring (bicyclic) bond motifs is 4. The van der Waals surface area contributed by atoms with Gasteiger partial charge in [0.2, 0.25) is 0 Å². The van der Waals surface area contributed by atoms with Crippen molar-refractivity contribution in [2.24, 2.45) is 0 Å². The Bertz CT molecular complexity index is 3170. The highest BCUT2D eigenvalue weighted by atomic mass is 19.4. The van der Waals surface area contributed by atoms with Crippen LogP contribution in [0.5, 0.6) is 11.5 Å². The molecule has 0 atom stereocenters. The molecule has 3 heterocycles. The molecule has 2 aromatic heterocycles. The Morgan fingerprint density at radius 1 is 0.529 bits per heavy atom. The smallest absolute Gasteiger partial charge is 0.416 e. The fourth-order valence-corrected chi connectivity index (χ4v) is 9.63. The first-order valence-corrected chi connectivity index (χ1v) is 23.9. The molecule has 350 valence electrons. The Balaban J connectivity index is 1.14. The maximum absolute atomic E-state index is 14.4. The van der Waals surface area contributed by atoms with Crippen molar-refractivity contribution < 1.29 is 17.9 Å². The lowest BCUT2D eigenvalue weighted by atomic mass is 9.82. The highest BCUT2D eigenvalue weighted by molar-refractivity contribution is 6.09. The molecular weight excluding hydrogens is 850 g/mol. The summed E-state index contributed by atoms with van der Waals surface area (Å²) in [6, 6.07) is 42.2. The van der Waals surface area contributed by atoms with Gasteiger partial charge in [-0.15, -0.1) is 0 Å². The maximum atomic E-state index is 14.4. The lowest BCUT2D eigenvalue weighted by Gasteiger charge is -2.25. The number of nitrogens with zero attached hydrogens (tertiary/aromatic N) is 4. The van der Waals surface area contributed by atoms with Crippen LogP contribution in [0.4, 0.5) is 35.9 Å². The molecule has 0 spiro atoms. The molecule has 6 aromatic carbocycles. The minimum absolute atomic E-state index is 0.000922. The summed E-state index contributed by atoms with van der Waals surface area (Å²) in [6.45, 7) is 27.3. The van der Waals surface area contributed by atoms with Crippen molar-refractivity contribution in [3.05, 3.63) is 167 Å². The van der Waals surface area contributed by atoms with E-state index in [-0.39, 0.29) is 22.7 Å². The fraction of sp³-hybridized carbons (Fsp3) is 0.317. The topological polar surface area (TPSA) is 33.5 Å². The standard InChI is InChI=1S/C60H63F3N4O/c1-36(2)40-27-50(37(3)4)57(51(28-40)38(5)6)39-25-26-64-56(29-39)67-53-32-43(60(61,62)63)19-22-48(53)49-23-21-47(34-54(49)67)68-46-18-14-17-45(33-46)66-35-65(44-16-13-15-41(30-44)58(7,8)9)52-24-20-42(31-55(52)66)59(10,11)12/h13-34,36-38H,35H2,1-12H3. The highest BCUT2D eigenvalue weighted by Gasteiger charge is 2.33. The minimum atomic E-state index is -4.53. The molecule has 0 amide bonds. The van der Waals surface area contributed by atoms with Gasteiger partial charge in [0, 0.05) is 40.5 Å². The quantitative estimate of drug-likeness (QED) is 0.144. The molecule has 8 aromatic rings. The minimum Gasteiger partial charge on any atom is -0.457 e. The molecule has 1 aliphatic heterocycles. The highest BCUT2D eigenvalue weighted by Crippen LogP contribution is 2.48. The summed E-state index contributed by atoms with van der Waals surface area (Å²) >= 11 is 0. The number of hydrogen-bond donors (Lipinski definition) is 0. The van der Waals surface area contributed by atoms with Crippen molar-refractivity contribution in [1.82, 2.24) is 9.55 Å². The number of aromatic nitrogens is 2. The van der Waals surface area contributed by atoms with Crippen LogP contribution >= 0.6 is 0 Å². The lowest BCUT2D eigenvalue weighted by molar-refractivity contribution is -0.137. The predicted molar refractivity (Wildman–Crippen MR) is 277 cm³/mol. The van der Waals surface area contributed by atoms with Crippen molar-refractivity contribution in [2.75, 3.05) is 16.5 Å². The largest absolute Gasteiger partial charge is 0.457 e. The van der Waals surface area contributed by atoms with Crippen LogP contribution in [0.25, 0.3) is 38.8 Å². The third kappa shape index (κ3) is 8.74. The van der Waals surface area contributed by atoms with E-state index in [1.54, 1.807) is 12.3 Å². The van der Waals surface area contributed by atoms with Gasteiger partial charge in [-0.2, -0.15) is 13.2 Å². The van der Waals surface area contributed by atoms with Crippen LogP contribution in [0.3, 0.4) is 0 Å². The fourth-order valence-electron chi connectivity index (χ4n) is 9.63. The van der Waals surface area contributed by atoms with E-state index in [1.165, 1.54) is 33.9 Å². The first-order valence-electron chi connectivity index (χ1n) is 23.9. The summed E-state index contributed by atoms with van der Waals surface area (Å²) in [4.78, 5) is 9.59. The van der Waals surface area contributed by atoms with E-state index in [4.69, 9.17) is 9.72 Å². The number of hydrogen-bond acceptors (Lipinski definition) is 4. The third-order valence-corrected chi connectivity index (χ3v) is 13.6. The zero-order valence-corrected chi connectivity index (χ0v) is 41.5. The second-order valence-electron chi connectivity index (χ2n) is 21.5. The molecule has 8 heteroatoms. The summed E-state index contributed by atoms with van der Waals surface area (Å²) in [5.74, 6) is 2.55. The number of alkyl halides is 3. The van der Waals surface area contributed by atoms with Gasteiger partial charge in [-0.05, 0) is 140 Å². The summed E-state index contributed by atoms with van der Waals surface area (Å²) in [6.07, 6.45) is -2.76. The molecule has 0 N–H and O–H groups in total. The monoisotopic (exact) mass is 912 g/mol. The van der Waals surface area contributed by atoms with Gasteiger partial charge in [-0.1, -0.05) is 126 Å². The Kier molecular flexibility index (Phi) is 11.8. The van der Waals surface area contributed by atoms with E-state index in [9.17, 15) is 13.2 Å². The number of rotatable bonds is 9. The van der Waals surface area contributed by atoms with Crippen LogP contribution in [0, 0.1) is 0 Å². The van der Waals surface area contributed by atoms with Crippen LogP contribution in [-0.2, 0) is 17.0 Å². The number of anilines is 4. The van der Waals surface area contributed by atoms with E-state index in [0.717, 1.165) is 45.3 Å². The van der Waals surface area contributed by atoms with E-state index in [2.05, 4.69) is 160 Å². The summed E-state index contributed by atoms with van der Waals surface area (Å²) in [7, 11) is 0. The van der Waals surface area contributed by atoms with Crippen molar-refractivity contribution in [3.8, 4) is 28.4 Å². The van der Waals surface area contributed by atoms with Gasteiger partial charge in [0.25, 0.3) is 0 Å². The summed E-state index contributed by atoms with van der Waals surface area (Å²) in [5, 5.41) is 1.49. The van der Waals surface area contributed by atoms with Crippen LogP contribution in [-0.4, -0.2) is 16.2 Å². The maximum Gasteiger partial charge on any atom is 0.416 e. The molecule has 5 nitrogen and oxygen atoms in total. The van der Waals surface area contributed by atoms with E-state index in [1.807, 2.05) is 47.0 Å². The van der Waals surface area contributed by atoms with Crippen molar-refractivity contribution in [2.45, 2.75) is 118 Å². The first kappa shape index (κ1) is 46.6. The molecule has 0 bridgehead atoms. The van der Waals surface area contributed by atoms with Crippen molar-refractivity contribution in [1.29, 1.82) is 0 Å². The molecule has 0 saturated carbocycles.